The highest BCUT2D eigenvalue weighted by molar-refractivity contribution is 5.84. The van der Waals surface area contributed by atoms with Gasteiger partial charge in [-0.1, -0.05) is 12.1 Å². The fourth-order valence-electron chi connectivity index (χ4n) is 1.67. The number of ketones is 1. The normalized spacial score (nSPS) is 10.0. The summed E-state index contributed by atoms with van der Waals surface area (Å²) in [6, 6.07) is 4.51. The molecule has 1 aromatic rings. The Morgan fingerprint density at radius 2 is 2.00 bits per heavy atom. The number of hydrogen-bond acceptors (Lipinski definition) is 6. The van der Waals surface area contributed by atoms with E-state index in [0.717, 1.165) is 0 Å². The molecule has 0 bridgehead atoms. The largest absolute Gasteiger partial charge is 0.479 e. The van der Waals surface area contributed by atoms with Crippen LogP contribution in [0.2, 0.25) is 0 Å². The van der Waals surface area contributed by atoms with Gasteiger partial charge in [-0.2, -0.15) is 0 Å². The van der Waals surface area contributed by atoms with Gasteiger partial charge in [-0.25, -0.2) is 0 Å². The van der Waals surface area contributed by atoms with E-state index in [9.17, 15) is 19.7 Å². The molecule has 1 aromatic carbocycles. The molecule has 0 aliphatic heterocycles. The van der Waals surface area contributed by atoms with Crippen molar-refractivity contribution < 1.29 is 24.0 Å². The maximum Gasteiger partial charge on any atom is 0.311 e. The summed E-state index contributed by atoms with van der Waals surface area (Å²) in [6.45, 7) is 3.29. The number of rotatable bonds is 8. The van der Waals surface area contributed by atoms with E-state index in [2.05, 4.69) is 0 Å². The first-order valence-corrected chi connectivity index (χ1v) is 6.49. The van der Waals surface area contributed by atoms with Gasteiger partial charge in [-0.15, -0.1) is 0 Å². The number of benzene rings is 1. The Balaban J connectivity index is 2.57. The summed E-state index contributed by atoms with van der Waals surface area (Å²) in [5.74, 6) is -0.694. The number of nitro benzene ring substituents is 1. The van der Waals surface area contributed by atoms with Gasteiger partial charge in [0.15, 0.2) is 11.5 Å². The molecule has 0 saturated heterocycles. The van der Waals surface area contributed by atoms with Gasteiger partial charge in [0.2, 0.25) is 0 Å². The number of ether oxygens (including phenoxy) is 2. The van der Waals surface area contributed by atoms with Crippen molar-refractivity contribution in [1.29, 1.82) is 0 Å². The molecular weight excluding hydrogens is 278 g/mol. The molecule has 0 aliphatic rings. The van der Waals surface area contributed by atoms with Crippen molar-refractivity contribution in [3.05, 3.63) is 33.9 Å². The van der Waals surface area contributed by atoms with Crippen LogP contribution < -0.4 is 4.74 Å². The van der Waals surface area contributed by atoms with Crippen LogP contribution in [-0.4, -0.2) is 29.9 Å². The van der Waals surface area contributed by atoms with Gasteiger partial charge < -0.3 is 9.47 Å². The zero-order chi connectivity index (χ0) is 15.8. The molecule has 7 nitrogen and oxygen atoms in total. The summed E-state index contributed by atoms with van der Waals surface area (Å²) in [4.78, 5) is 33.1. The van der Waals surface area contributed by atoms with E-state index in [4.69, 9.17) is 9.47 Å². The minimum atomic E-state index is -0.564. The first-order valence-electron chi connectivity index (χ1n) is 6.49. The van der Waals surface area contributed by atoms with Crippen LogP contribution in [0.1, 0.15) is 25.3 Å². The van der Waals surface area contributed by atoms with Crippen LogP contribution in [-0.2, 0) is 14.3 Å². The Kier molecular flexibility index (Phi) is 6.32. The molecule has 0 heterocycles. The first-order chi connectivity index (χ1) is 9.95. The Bertz CT molecular complexity index is 540. The molecule has 0 fully saturated rings. The Morgan fingerprint density at radius 1 is 1.29 bits per heavy atom. The lowest BCUT2D eigenvalue weighted by molar-refractivity contribution is -0.385. The second kappa shape index (κ2) is 7.98. The van der Waals surface area contributed by atoms with Crippen molar-refractivity contribution in [2.75, 3.05) is 13.2 Å². The quantitative estimate of drug-likeness (QED) is 0.414. The number of carbonyl (C=O) groups excluding carboxylic acids is 2. The van der Waals surface area contributed by atoms with Gasteiger partial charge in [0.1, 0.15) is 6.61 Å². The summed E-state index contributed by atoms with van der Waals surface area (Å²) in [5, 5.41) is 10.9. The molecule has 0 aliphatic carbocycles. The Morgan fingerprint density at radius 3 is 2.62 bits per heavy atom. The summed E-state index contributed by atoms with van der Waals surface area (Å²) < 4.78 is 9.94. The number of nitro groups is 1. The minimum Gasteiger partial charge on any atom is -0.479 e. The number of aryl methyl sites for hydroxylation is 1. The standard InChI is InChI=1S/C14H17NO6/c1-3-20-13(17)8-7-11(16)9-21-14-10(2)5-4-6-12(14)15(18)19/h4-6H,3,7-9H2,1-2H3. The molecule has 0 aromatic heterocycles. The summed E-state index contributed by atoms with van der Waals surface area (Å²) in [7, 11) is 0. The van der Waals surface area contributed by atoms with Crippen LogP contribution in [0.4, 0.5) is 5.69 Å². The van der Waals surface area contributed by atoms with Crippen molar-refractivity contribution in [2.45, 2.75) is 26.7 Å². The first kappa shape index (κ1) is 16.6. The molecule has 21 heavy (non-hydrogen) atoms. The van der Waals surface area contributed by atoms with Gasteiger partial charge >= 0.3 is 11.7 Å². The van der Waals surface area contributed by atoms with Gasteiger partial charge in [0, 0.05) is 12.5 Å². The SMILES string of the molecule is CCOC(=O)CCC(=O)COc1c(C)cccc1[N+](=O)[O-]. The number of Topliss-reactive ketones (excluding diaryl/α,β-unsaturated/α-hetero) is 1. The van der Waals surface area contributed by atoms with Crippen molar-refractivity contribution in [2.24, 2.45) is 0 Å². The maximum absolute atomic E-state index is 11.6. The highest BCUT2D eigenvalue weighted by Gasteiger charge is 2.18. The highest BCUT2D eigenvalue weighted by Crippen LogP contribution is 2.30. The summed E-state index contributed by atoms with van der Waals surface area (Å²) in [6.07, 6.45) is -0.0373. The highest BCUT2D eigenvalue weighted by atomic mass is 16.6. The average molecular weight is 295 g/mol. The molecule has 114 valence electrons. The average Bonchev–Trinajstić information content (AvgIpc) is 2.43. The second-order valence-corrected chi connectivity index (χ2v) is 4.31. The fourth-order valence-corrected chi connectivity index (χ4v) is 1.67. The van der Waals surface area contributed by atoms with Crippen LogP contribution in [0.15, 0.2) is 18.2 Å². The van der Waals surface area contributed by atoms with Crippen LogP contribution in [0, 0.1) is 17.0 Å². The monoisotopic (exact) mass is 295 g/mol. The van der Waals surface area contributed by atoms with E-state index >= 15 is 0 Å². The lowest BCUT2D eigenvalue weighted by Gasteiger charge is -2.08. The zero-order valence-electron chi connectivity index (χ0n) is 12.0. The van der Waals surface area contributed by atoms with Crippen molar-refractivity contribution >= 4 is 17.4 Å². The number of nitrogens with zero attached hydrogens (tertiary/aromatic N) is 1. The Labute approximate surface area is 122 Å². The third-order valence-electron chi connectivity index (χ3n) is 2.68. The summed E-state index contributed by atoms with van der Waals surface area (Å²) in [5.41, 5.74) is 0.385. The maximum atomic E-state index is 11.6. The van der Waals surface area contributed by atoms with E-state index in [1.807, 2.05) is 0 Å². The number of hydrogen-bond donors (Lipinski definition) is 0. The van der Waals surface area contributed by atoms with E-state index < -0.39 is 10.9 Å². The van der Waals surface area contributed by atoms with Crippen LogP contribution in [0.3, 0.4) is 0 Å². The topological polar surface area (TPSA) is 95.7 Å². The molecule has 7 heteroatoms. The predicted molar refractivity (Wildman–Crippen MR) is 74.2 cm³/mol. The number of esters is 1. The minimum absolute atomic E-state index is 0.0154. The van der Waals surface area contributed by atoms with Gasteiger partial charge in [-0.3, -0.25) is 19.7 Å². The van der Waals surface area contributed by atoms with Crippen LogP contribution >= 0.6 is 0 Å². The number of carbonyl (C=O) groups is 2. The molecule has 1 rings (SSSR count). The van der Waals surface area contributed by atoms with Crippen LogP contribution in [0.5, 0.6) is 5.75 Å². The van der Waals surface area contributed by atoms with Crippen LogP contribution in [0.25, 0.3) is 0 Å². The van der Waals surface area contributed by atoms with E-state index in [0.29, 0.717) is 5.56 Å². The third kappa shape index (κ3) is 5.21. The van der Waals surface area contributed by atoms with E-state index in [1.54, 1.807) is 26.0 Å². The lowest BCUT2D eigenvalue weighted by atomic mass is 10.2. The Hall–Kier alpha value is -2.44. The molecule has 0 saturated carbocycles. The molecule has 0 radical (unpaired) electrons. The molecule has 0 amide bonds. The van der Waals surface area contributed by atoms with Crippen molar-refractivity contribution in [3.8, 4) is 5.75 Å². The molecule has 0 atom stereocenters. The van der Waals surface area contributed by atoms with Crippen molar-refractivity contribution in [1.82, 2.24) is 0 Å². The van der Waals surface area contributed by atoms with Gasteiger partial charge in [0.25, 0.3) is 0 Å². The van der Waals surface area contributed by atoms with Gasteiger partial charge in [-0.05, 0) is 19.4 Å². The molecule has 0 spiro atoms. The molecule has 0 unspecified atom stereocenters. The third-order valence-corrected chi connectivity index (χ3v) is 2.68. The molecule has 0 N–H and O–H groups in total. The lowest BCUT2D eigenvalue weighted by Crippen LogP contribution is -2.15. The molecular formula is C14H17NO6. The zero-order valence-corrected chi connectivity index (χ0v) is 12.0. The fraction of sp³-hybridized carbons (Fsp3) is 0.429. The van der Waals surface area contributed by atoms with Crippen molar-refractivity contribution in [3.63, 3.8) is 0 Å². The van der Waals surface area contributed by atoms with E-state index in [-0.39, 0.29) is 43.3 Å². The van der Waals surface area contributed by atoms with Gasteiger partial charge in [0.05, 0.1) is 18.0 Å². The predicted octanol–water partition coefficient (Wildman–Crippen LogP) is 2.19. The smallest absolute Gasteiger partial charge is 0.311 e. The summed E-state index contributed by atoms with van der Waals surface area (Å²) >= 11 is 0. The van der Waals surface area contributed by atoms with E-state index in [1.165, 1.54) is 6.07 Å². The second-order valence-electron chi connectivity index (χ2n) is 4.31. The number of para-hydroxylation sites is 1.